The molecule has 1 heterocycles. The van der Waals surface area contributed by atoms with Gasteiger partial charge in [0.25, 0.3) is 5.91 Å². The van der Waals surface area contributed by atoms with Gasteiger partial charge in [-0.05, 0) is 30.9 Å². The number of primary amides is 1. The second-order valence-corrected chi connectivity index (χ2v) is 7.04. The van der Waals surface area contributed by atoms with E-state index >= 15 is 0 Å². The normalized spacial score (nSPS) is 20.0. The minimum atomic E-state index is -0.802. The third kappa shape index (κ3) is 3.70. The maximum absolute atomic E-state index is 12.9. The van der Waals surface area contributed by atoms with Crippen LogP contribution in [-0.2, 0) is 9.59 Å². The van der Waals surface area contributed by atoms with Crippen molar-refractivity contribution in [2.45, 2.75) is 38.8 Å². The molecular weight excluding hydrogens is 306 g/mol. The number of hydrogen-bond acceptors (Lipinski definition) is 4. The predicted molar refractivity (Wildman–Crippen MR) is 91.8 cm³/mol. The number of benzene rings is 1. The zero-order chi connectivity index (χ0) is 17.3. The van der Waals surface area contributed by atoms with E-state index in [1.165, 1.54) is 0 Å². The van der Waals surface area contributed by atoms with Crippen LogP contribution in [0.4, 0.5) is 5.69 Å². The van der Waals surface area contributed by atoms with E-state index < -0.39 is 12.0 Å². The van der Waals surface area contributed by atoms with Crippen molar-refractivity contribution < 1.29 is 14.3 Å². The molecule has 0 radical (unpaired) electrons. The van der Waals surface area contributed by atoms with Crippen LogP contribution in [0.15, 0.2) is 24.3 Å². The molecule has 2 aliphatic rings. The average Bonchev–Trinajstić information content (AvgIpc) is 3.37. The van der Waals surface area contributed by atoms with Crippen molar-refractivity contribution >= 4 is 17.5 Å². The van der Waals surface area contributed by atoms with Crippen molar-refractivity contribution in [1.29, 1.82) is 0 Å². The molecule has 2 amide bonds. The molecule has 1 atom stereocenters. The fourth-order valence-electron chi connectivity index (χ4n) is 3.13. The van der Waals surface area contributed by atoms with Gasteiger partial charge in [-0.15, -0.1) is 0 Å². The quantitative estimate of drug-likeness (QED) is 0.854. The molecule has 1 fully saturated rings. The summed E-state index contributed by atoms with van der Waals surface area (Å²) in [5.74, 6) is 0.476. The van der Waals surface area contributed by atoms with Crippen molar-refractivity contribution in [3.05, 3.63) is 24.3 Å². The summed E-state index contributed by atoms with van der Waals surface area (Å²) in [5.41, 5.74) is 6.11. The second-order valence-electron chi connectivity index (χ2n) is 7.04. The van der Waals surface area contributed by atoms with Gasteiger partial charge in [0.2, 0.25) is 5.91 Å². The van der Waals surface area contributed by atoms with E-state index in [-0.39, 0.29) is 12.5 Å². The molecule has 1 aromatic carbocycles. The Balaban J connectivity index is 1.78. The minimum Gasteiger partial charge on any atom is -0.477 e. The van der Waals surface area contributed by atoms with Gasteiger partial charge in [-0.1, -0.05) is 26.0 Å². The summed E-state index contributed by atoms with van der Waals surface area (Å²) in [4.78, 5) is 28.4. The Kier molecular flexibility index (Phi) is 4.76. The largest absolute Gasteiger partial charge is 0.477 e. The molecule has 1 saturated carbocycles. The summed E-state index contributed by atoms with van der Waals surface area (Å²) in [6.45, 7) is 5.76. The van der Waals surface area contributed by atoms with E-state index in [1.807, 2.05) is 18.2 Å². The number of amides is 2. The zero-order valence-corrected chi connectivity index (χ0v) is 14.3. The lowest BCUT2D eigenvalue weighted by Gasteiger charge is -2.35. The van der Waals surface area contributed by atoms with Crippen molar-refractivity contribution in [2.75, 3.05) is 24.5 Å². The first-order valence-electron chi connectivity index (χ1n) is 8.55. The molecule has 24 heavy (non-hydrogen) atoms. The standard InChI is InChI=1S/C18H25N3O3/c1-12(2)9-20(13-7-8-13)11-17(22)21-10-16(18(19)23)24-15-6-4-3-5-14(15)21/h3-6,12-13,16H,7-11H2,1-2H3,(H2,19,23)/t16-/m1/s1. The molecule has 0 aromatic heterocycles. The molecule has 3 rings (SSSR count). The SMILES string of the molecule is CC(C)CN(CC(=O)N1C[C@H](C(N)=O)Oc2ccccc21)C1CC1. The predicted octanol–water partition coefficient (Wildman–Crippen LogP) is 1.39. The van der Waals surface area contributed by atoms with Gasteiger partial charge in [-0.2, -0.15) is 0 Å². The van der Waals surface area contributed by atoms with Crippen molar-refractivity contribution in [1.82, 2.24) is 4.90 Å². The number of para-hydroxylation sites is 2. The first kappa shape index (κ1) is 16.8. The van der Waals surface area contributed by atoms with E-state index in [4.69, 9.17) is 10.5 Å². The Morgan fingerprint density at radius 1 is 1.33 bits per heavy atom. The Labute approximate surface area is 142 Å². The lowest BCUT2D eigenvalue weighted by molar-refractivity contribution is -0.125. The summed E-state index contributed by atoms with van der Waals surface area (Å²) in [5, 5.41) is 0. The number of nitrogens with zero attached hydrogens (tertiary/aromatic N) is 2. The Morgan fingerprint density at radius 3 is 2.67 bits per heavy atom. The van der Waals surface area contributed by atoms with Crippen molar-refractivity contribution in [3.63, 3.8) is 0 Å². The van der Waals surface area contributed by atoms with Crippen LogP contribution in [0.25, 0.3) is 0 Å². The third-order valence-electron chi connectivity index (χ3n) is 4.39. The first-order valence-corrected chi connectivity index (χ1v) is 8.55. The highest BCUT2D eigenvalue weighted by molar-refractivity contribution is 5.98. The summed E-state index contributed by atoms with van der Waals surface area (Å²) < 4.78 is 5.62. The van der Waals surface area contributed by atoms with Gasteiger partial charge in [-0.3, -0.25) is 14.5 Å². The van der Waals surface area contributed by atoms with Crippen LogP contribution in [0, 0.1) is 5.92 Å². The summed E-state index contributed by atoms with van der Waals surface area (Å²) >= 11 is 0. The number of rotatable bonds is 6. The van der Waals surface area contributed by atoms with E-state index in [2.05, 4.69) is 18.7 Å². The highest BCUT2D eigenvalue weighted by Crippen LogP contribution is 2.34. The first-order chi connectivity index (χ1) is 11.5. The highest BCUT2D eigenvalue weighted by atomic mass is 16.5. The van der Waals surface area contributed by atoms with Crippen LogP contribution >= 0.6 is 0 Å². The topological polar surface area (TPSA) is 75.9 Å². The molecule has 1 aliphatic heterocycles. The number of nitrogens with two attached hydrogens (primary N) is 1. The molecule has 0 saturated heterocycles. The van der Waals surface area contributed by atoms with Crippen molar-refractivity contribution in [2.24, 2.45) is 11.7 Å². The number of fused-ring (bicyclic) bond motifs is 1. The van der Waals surface area contributed by atoms with Crippen LogP contribution in [-0.4, -0.2) is 48.5 Å². The van der Waals surface area contributed by atoms with Gasteiger partial charge in [0.15, 0.2) is 6.10 Å². The number of carbonyl (C=O) groups excluding carboxylic acids is 2. The zero-order valence-electron chi connectivity index (χ0n) is 14.3. The highest BCUT2D eigenvalue weighted by Gasteiger charge is 2.36. The average molecular weight is 331 g/mol. The van der Waals surface area contributed by atoms with Crippen LogP contribution in [0.2, 0.25) is 0 Å². The van der Waals surface area contributed by atoms with Crippen LogP contribution < -0.4 is 15.4 Å². The van der Waals surface area contributed by atoms with Gasteiger partial charge in [0.05, 0.1) is 18.8 Å². The smallest absolute Gasteiger partial charge is 0.260 e. The lowest BCUT2D eigenvalue weighted by atomic mass is 10.1. The maximum atomic E-state index is 12.9. The van der Waals surface area contributed by atoms with Crippen LogP contribution in [0.5, 0.6) is 5.75 Å². The molecular formula is C18H25N3O3. The van der Waals surface area contributed by atoms with Crippen LogP contribution in [0.3, 0.4) is 0 Å². The van der Waals surface area contributed by atoms with Crippen LogP contribution in [0.1, 0.15) is 26.7 Å². The van der Waals surface area contributed by atoms with Gasteiger partial charge >= 0.3 is 0 Å². The van der Waals surface area contributed by atoms with Gasteiger partial charge < -0.3 is 15.4 Å². The summed E-state index contributed by atoms with van der Waals surface area (Å²) in [6.07, 6.45) is 1.51. The Morgan fingerprint density at radius 2 is 2.04 bits per heavy atom. The second kappa shape index (κ2) is 6.81. The maximum Gasteiger partial charge on any atom is 0.260 e. The van der Waals surface area contributed by atoms with Gasteiger partial charge in [-0.25, -0.2) is 0 Å². The lowest BCUT2D eigenvalue weighted by Crippen LogP contribution is -2.52. The number of carbonyl (C=O) groups is 2. The fourth-order valence-corrected chi connectivity index (χ4v) is 3.13. The van der Waals surface area contributed by atoms with E-state index in [9.17, 15) is 9.59 Å². The molecule has 0 spiro atoms. The number of ether oxygens (including phenoxy) is 1. The monoisotopic (exact) mass is 331 g/mol. The molecule has 2 N–H and O–H groups in total. The molecule has 1 aliphatic carbocycles. The molecule has 0 unspecified atom stereocenters. The van der Waals surface area contributed by atoms with Crippen molar-refractivity contribution in [3.8, 4) is 5.75 Å². The molecule has 1 aromatic rings. The molecule has 130 valence electrons. The minimum absolute atomic E-state index is 0.00968. The third-order valence-corrected chi connectivity index (χ3v) is 4.39. The Hall–Kier alpha value is -2.08. The number of hydrogen-bond donors (Lipinski definition) is 1. The molecule has 0 bridgehead atoms. The van der Waals surface area contributed by atoms with Gasteiger partial charge in [0.1, 0.15) is 5.75 Å². The molecule has 6 heteroatoms. The van der Waals surface area contributed by atoms with E-state index in [0.717, 1.165) is 19.4 Å². The number of anilines is 1. The summed E-state index contributed by atoms with van der Waals surface area (Å²) in [7, 11) is 0. The fraction of sp³-hybridized carbons (Fsp3) is 0.556. The van der Waals surface area contributed by atoms with E-state index in [0.29, 0.717) is 29.9 Å². The Bertz CT molecular complexity index is 628. The molecule has 6 nitrogen and oxygen atoms in total. The van der Waals surface area contributed by atoms with E-state index in [1.54, 1.807) is 11.0 Å². The summed E-state index contributed by atoms with van der Waals surface area (Å²) in [6, 6.07) is 7.80. The van der Waals surface area contributed by atoms with Gasteiger partial charge in [0, 0.05) is 12.6 Å².